The van der Waals surface area contributed by atoms with Gasteiger partial charge in [0, 0.05) is 50.3 Å². The molecule has 0 bridgehead atoms. The van der Waals surface area contributed by atoms with Gasteiger partial charge in [0.05, 0.1) is 12.1 Å². The molecule has 1 atom stereocenters. The molecule has 2 heterocycles. The monoisotopic (exact) mass is 386 g/mol. The molecule has 0 unspecified atom stereocenters. The molecular formula is C21H27ClN4O. The van der Waals surface area contributed by atoms with Gasteiger partial charge in [0.15, 0.2) is 0 Å². The first kappa shape index (κ1) is 19.8. The largest absolute Gasteiger partial charge is 0.345 e. The Balaban J connectivity index is 1.44. The summed E-state index contributed by atoms with van der Waals surface area (Å²) in [5, 5.41) is 0.783. The van der Waals surface area contributed by atoms with E-state index in [4.69, 9.17) is 11.6 Å². The van der Waals surface area contributed by atoms with Crippen molar-refractivity contribution in [3.63, 3.8) is 0 Å². The molecule has 1 saturated heterocycles. The minimum Gasteiger partial charge on any atom is -0.345 e. The van der Waals surface area contributed by atoms with Crippen molar-refractivity contribution in [2.45, 2.75) is 25.7 Å². The number of rotatable bonds is 7. The third-order valence-electron chi connectivity index (χ3n) is 5.14. The summed E-state index contributed by atoms with van der Waals surface area (Å²) in [5.74, 6) is 0.633. The Morgan fingerprint density at radius 2 is 2.11 bits per heavy atom. The quantitative estimate of drug-likeness (QED) is 0.733. The molecule has 1 aliphatic rings. The zero-order valence-electron chi connectivity index (χ0n) is 15.9. The van der Waals surface area contributed by atoms with Crippen molar-refractivity contribution in [2.75, 3.05) is 33.2 Å². The van der Waals surface area contributed by atoms with Gasteiger partial charge in [-0.1, -0.05) is 23.7 Å². The number of benzene rings is 1. The second kappa shape index (κ2) is 9.81. The van der Waals surface area contributed by atoms with Crippen LogP contribution in [-0.2, 0) is 17.6 Å². The van der Waals surface area contributed by atoms with Gasteiger partial charge < -0.3 is 9.80 Å². The predicted octanol–water partition coefficient (Wildman–Crippen LogP) is 3.09. The lowest BCUT2D eigenvalue weighted by atomic mass is 9.97. The number of halogens is 1. The number of amides is 1. The Hall–Kier alpha value is -1.98. The first-order chi connectivity index (χ1) is 13.1. The van der Waals surface area contributed by atoms with Crippen LogP contribution in [0.5, 0.6) is 0 Å². The van der Waals surface area contributed by atoms with Crippen LogP contribution >= 0.6 is 11.6 Å². The van der Waals surface area contributed by atoms with Crippen molar-refractivity contribution in [1.82, 2.24) is 19.8 Å². The molecule has 27 heavy (non-hydrogen) atoms. The highest BCUT2D eigenvalue weighted by Gasteiger charge is 2.22. The highest BCUT2D eigenvalue weighted by atomic mass is 35.5. The van der Waals surface area contributed by atoms with Crippen molar-refractivity contribution in [3.05, 3.63) is 59.1 Å². The Labute approximate surface area is 166 Å². The molecule has 1 aromatic heterocycles. The molecular weight excluding hydrogens is 360 g/mol. The summed E-state index contributed by atoms with van der Waals surface area (Å²) in [4.78, 5) is 25.0. The number of carbonyl (C=O) groups excluding carboxylic acids is 1. The van der Waals surface area contributed by atoms with E-state index in [1.807, 2.05) is 24.1 Å². The van der Waals surface area contributed by atoms with E-state index < -0.39 is 0 Å². The van der Waals surface area contributed by atoms with Crippen LogP contribution < -0.4 is 0 Å². The lowest BCUT2D eigenvalue weighted by Crippen LogP contribution is -2.42. The van der Waals surface area contributed by atoms with E-state index in [0.29, 0.717) is 12.3 Å². The number of carbonyl (C=O) groups is 1. The van der Waals surface area contributed by atoms with Gasteiger partial charge in [-0.15, -0.1) is 0 Å². The standard InChI is InChI=1S/C21H27ClN4O/c1-25(21(27)13-20-14-23-9-10-24-20)15-18-3-2-11-26(16-18)12-8-17-4-6-19(22)7-5-17/h4-7,9-10,14,18H,2-3,8,11-13,15-16H2,1H3/t18-/m0/s1. The first-order valence-corrected chi connectivity index (χ1v) is 9.93. The van der Waals surface area contributed by atoms with Crippen LogP contribution in [0.4, 0.5) is 0 Å². The fraction of sp³-hybridized carbons (Fsp3) is 0.476. The van der Waals surface area contributed by atoms with Crippen LogP contribution in [0.3, 0.4) is 0 Å². The molecule has 0 spiro atoms. The maximum atomic E-state index is 12.4. The lowest BCUT2D eigenvalue weighted by molar-refractivity contribution is -0.130. The summed E-state index contributed by atoms with van der Waals surface area (Å²) in [6, 6.07) is 8.10. The normalized spacial score (nSPS) is 17.6. The van der Waals surface area contributed by atoms with Crippen LogP contribution in [0.15, 0.2) is 42.9 Å². The first-order valence-electron chi connectivity index (χ1n) is 9.56. The summed E-state index contributed by atoms with van der Waals surface area (Å²) in [7, 11) is 1.89. The summed E-state index contributed by atoms with van der Waals surface area (Å²) in [6.45, 7) is 4.05. The highest BCUT2D eigenvalue weighted by molar-refractivity contribution is 6.30. The van der Waals surface area contributed by atoms with Crippen LogP contribution in [-0.4, -0.2) is 58.9 Å². The number of hydrogen-bond acceptors (Lipinski definition) is 4. The van der Waals surface area contributed by atoms with Crippen LogP contribution in [0.2, 0.25) is 5.02 Å². The number of likely N-dealkylation sites (tertiary alicyclic amines) is 1. The molecule has 1 fully saturated rings. The average Bonchev–Trinajstić information content (AvgIpc) is 2.68. The third kappa shape index (κ3) is 6.29. The molecule has 1 amide bonds. The minimum absolute atomic E-state index is 0.105. The third-order valence-corrected chi connectivity index (χ3v) is 5.39. The highest BCUT2D eigenvalue weighted by Crippen LogP contribution is 2.18. The number of aromatic nitrogens is 2. The molecule has 0 saturated carbocycles. The van der Waals surface area contributed by atoms with Gasteiger partial charge >= 0.3 is 0 Å². The van der Waals surface area contributed by atoms with E-state index in [1.165, 1.54) is 18.4 Å². The summed E-state index contributed by atoms with van der Waals surface area (Å²) < 4.78 is 0. The maximum absolute atomic E-state index is 12.4. The number of likely N-dealkylation sites (N-methyl/N-ethyl adjacent to an activating group) is 1. The summed E-state index contributed by atoms with van der Waals surface area (Å²) in [6.07, 6.45) is 8.63. The van der Waals surface area contributed by atoms with Crippen molar-refractivity contribution in [1.29, 1.82) is 0 Å². The SMILES string of the molecule is CN(C[C@@H]1CCCN(CCc2ccc(Cl)cc2)C1)C(=O)Cc1cnccn1. The minimum atomic E-state index is 0.105. The van der Waals surface area contributed by atoms with E-state index in [2.05, 4.69) is 27.0 Å². The number of nitrogens with zero attached hydrogens (tertiary/aromatic N) is 4. The zero-order chi connectivity index (χ0) is 19.1. The molecule has 3 rings (SSSR count). The molecule has 6 heteroatoms. The molecule has 1 aliphatic heterocycles. The molecule has 0 N–H and O–H groups in total. The van der Waals surface area contributed by atoms with Crippen molar-refractivity contribution in [3.8, 4) is 0 Å². The topological polar surface area (TPSA) is 49.3 Å². The molecule has 144 valence electrons. The van der Waals surface area contributed by atoms with Gasteiger partial charge in [-0.25, -0.2) is 0 Å². The summed E-state index contributed by atoms with van der Waals surface area (Å²) in [5.41, 5.74) is 2.04. The lowest BCUT2D eigenvalue weighted by Gasteiger charge is -2.34. The van der Waals surface area contributed by atoms with Gasteiger partial charge in [-0.2, -0.15) is 0 Å². The van der Waals surface area contributed by atoms with Gasteiger partial charge in [0.1, 0.15) is 0 Å². The second-order valence-corrected chi connectivity index (χ2v) is 7.77. The molecule has 0 radical (unpaired) electrons. The Bertz CT molecular complexity index is 723. The Morgan fingerprint density at radius 1 is 1.30 bits per heavy atom. The Kier molecular flexibility index (Phi) is 7.18. The van der Waals surface area contributed by atoms with E-state index in [1.54, 1.807) is 18.6 Å². The fourth-order valence-corrected chi connectivity index (χ4v) is 3.77. The van der Waals surface area contributed by atoms with Gasteiger partial charge in [-0.3, -0.25) is 14.8 Å². The van der Waals surface area contributed by atoms with Crippen molar-refractivity contribution < 1.29 is 4.79 Å². The molecule has 5 nitrogen and oxygen atoms in total. The van der Waals surface area contributed by atoms with Gasteiger partial charge in [0.25, 0.3) is 0 Å². The number of piperidine rings is 1. The van der Waals surface area contributed by atoms with E-state index in [0.717, 1.165) is 43.3 Å². The maximum Gasteiger partial charge on any atom is 0.228 e. The van der Waals surface area contributed by atoms with E-state index >= 15 is 0 Å². The Morgan fingerprint density at radius 3 is 2.85 bits per heavy atom. The van der Waals surface area contributed by atoms with Crippen LogP contribution in [0, 0.1) is 5.92 Å². The predicted molar refractivity (Wildman–Crippen MR) is 108 cm³/mol. The van der Waals surface area contributed by atoms with Crippen LogP contribution in [0.25, 0.3) is 0 Å². The van der Waals surface area contributed by atoms with E-state index in [-0.39, 0.29) is 5.91 Å². The average molecular weight is 387 g/mol. The number of hydrogen-bond donors (Lipinski definition) is 0. The van der Waals surface area contributed by atoms with Crippen LogP contribution in [0.1, 0.15) is 24.1 Å². The zero-order valence-corrected chi connectivity index (χ0v) is 16.6. The smallest absolute Gasteiger partial charge is 0.228 e. The molecule has 2 aromatic rings. The van der Waals surface area contributed by atoms with Crippen molar-refractivity contribution in [2.24, 2.45) is 5.92 Å². The second-order valence-electron chi connectivity index (χ2n) is 7.33. The molecule has 0 aliphatic carbocycles. The molecule has 1 aromatic carbocycles. The van der Waals surface area contributed by atoms with Gasteiger partial charge in [-0.05, 0) is 49.4 Å². The van der Waals surface area contributed by atoms with Crippen molar-refractivity contribution >= 4 is 17.5 Å². The van der Waals surface area contributed by atoms with E-state index in [9.17, 15) is 4.79 Å². The fourth-order valence-electron chi connectivity index (χ4n) is 3.64. The summed E-state index contributed by atoms with van der Waals surface area (Å²) >= 11 is 5.95. The van der Waals surface area contributed by atoms with Gasteiger partial charge in [0.2, 0.25) is 5.91 Å².